The van der Waals surface area contributed by atoms with E-state index in [2.05, 4.69) is 15.4 Å². The molecule has 2 amide bonds. The highest BCUT2D eigenvalue weighted by atomic mass is 32.2. The number of benzene rings is 1. The van der Waals surface area contributed by atoms with E-state index < -0.39 is 6.04 Å². The fourth-order valence-corrected chi connectivity index (χ4v) is 5.96. The first-order valence-electron chi connectivity index (χ1n) is 10.6. The lowest BCUT2D eigenvalue weighted by Gasteiger charge is -2.22. The summed E-state index contributed by atoms with van der Waals surface area (Å²) in [5, 5.41) is 7.57. The predicted molar refractivity (Wildman–Crippen MR) is 134 cm³/mol. The molecule has 9 nitrogen and oxygen atoms in total. The average Bonchev–Trinajstić information content (AvgIpc) is 3.45. The van der Waals surface area contributed by atoms with Crippen LogP contribution in [0.15, 0.2) is 29.1 Å². The van der Waals surface area contributed by atoms with Crippen molar-refractivity contribution < 1.29 is 14.3 Å². The van der Waals surface area contributed by atoms with E-state index in [0.29, 0.717) is 44.2 Å². The van der Waals surface area contributed by atoms with Gasteiger partial charge in [-0.25, -0.2) is 9.67 Å². The lowest BCUT2D eigenvalue weighted by atomic mass is 10.1. The van der Waals surface area contributed by atoms with Crippen LogP contribution < -0.4 is 15.6 Å². The summed E-state index contributed by atoms with van der Waals surface area (Å²) in [6.07, 6.45) is 0. The molecule has 0 spiro atoms. The minimum atomic E-state index is -0.609. The molecular formula is C23H25N5O4S2. The molecule has 1 unspecified atom stereocenters. The Morgan fingerprint density at radius 2 is 1.85 bits per heavy atom. The molecule has 1 atom stereocenters. The Kier molecular flexibility index (Phi) is 6.76. The van der Waals surface area contributed by atoms with Crippen LogP contribution in [0.2, 0.25) is 0 Å². The van der Waals surface area contributed by atoms with E-state index in [1.807, 2.05) is 13.8 Å². The van der Waals surface area contributed by atoms with Crippen LogP contribution in [0, 0.1) is 20.8 Å². The maximum atomic E-state index is 13.5. The zero-order valence-electron chi connectivity index (χ0n) is 19.5. The third kappa shape index (κ3) is 4.45. The van der Waals surface area contributed by atoms with Crippen LogP contribution >= 0.6 is 23.1 Å². The lowest BCUT2D eigenvalue weighted by Crippen LogP contribution is -2.44. The monoisotopic (exact) mass is 499 g/mol. The Morgan fingerprint density at radius 1 is 1.15 bits per heavy atom. The SMILES string of the molecule is COc1ccc(NC(=O)C2CSCN2C(=O)c2sc(-c3c(C)c(C)nn(C)c3=O)nc2C)cc1. The van der Waals surface area contributed by atoms with Crippen molar-refractivity contribution in [1.82, 2.24) is 19.7 Å². The van der Waals surface area contributed by atoms with Gasteiger partial charge in [0.15, 0.2) is 0 Å². The summed E-state index contributed by atoms with van der Waals surface area (Å²) in [6.45, 7) is 5.41. The summed E-state index contributed by atoms with van der Waals surface area (Å²) >= 11 is 2.70. The molecule has 4 rings (SSSR count). The molecule has 0 saturated carbocycles. The van der Waals surface area contributed by atoms with Crippen molar-refractivity contribution in [3.63, 3.8) is 0 Å². The molecule has 1 aromatic carbocycles. The molecule has 3 heterocycles. The zero-order valence-corrected chi connectivity index (χ0v) is 21.2. The van der Waals surface area contributed by atoms with Gasteiger partial charge in [0.05, 0.1) is 29.9 Å². The number of methoxy groups -OCH3 is 1. The van der Waals surface area contributed by atoms with E-state index >= 15 is 0 Å². The molecule has 0 bridgehead atoms. The Balaban J connectivity index is 1.59. The highest BCUT2D eigenvalue weighted by molar-refractivity contribution is 7.99. The van der Waals surface area contributed by atoms with Gasteiger partial charge in [0.2, 0.25) is 5.91 Å². The van der Waals surface area contributed by atoms with Crippen molar-refractivity contribution in [1.29, 1.82) is 0 Å². The fourth-order valence-electron chi connectivity index (χ4n) is 3.69. The number of rotatable bonds is 5. The van der Waals surface area contributed by atoms with Crippen molar-refractivity contribution in [3.8, 4) is 16.3 Å². The van der Waals surface area contributed by atoms with Gasteiger partial charge in [0.25, 0.3) is 11.5 Å². The van der Waals surface area contributed by atoms with Gasteiger partial charge in [0.1, 0.15) is 21.7 Å². The number of hydrogen-bond donors (Lipinski definition) is 1. The quantitative estimate of drug-likeness (QED) is 0.575. The number of carbonyl (C=O) groups excluding carboxylic acids is 2. The van der Waals surface area contributed by atoms with Gasteiger partial charge < -0.3 is 15.0 Å². The first-order valence-corrected chi connectivity index (χ1v) is 12.5. The second kappa shape index (κ2) is 9.59. The van der Waals surface area contributed by atoms with Crippen molar-refractivity contribution >= 4 is 40.6 Å². The Hall–Kier alpha value is -3.18. The van der Waals surface area contributed by atoms with E-state index in [-0.39, 0.29) is 17.4 Å². The molecule has 178 valence electrons. The molecule has 1 aliphatic heterocycles. The second-order valence-electron chi connectivity index (χ2n) is 7.96. The van der Waals surface area contributed by atoms with Crippen LogP contribution in [0.1, 0.15) is 26.6 Å². The number of nitrogens with one attached hydrogen (secondary N) is 1. The summed E-state index contributed by atoms with van der Waals surface area (Å²) in [4.78, 5) is 45.7. The molecule has 1 fully saturated rings. The van der Waals surface area contributed by atoms with E-state index in [1.54, 1.807) is 50.2 Å². The van der Waals surface area contributed by atoms with E-state index in [1.165, 1.54) is 27.8 Å². The molecule has 2 aromatic heterocycles. The molecule has 34 heavy (non-hydrogen) atoms. The van der Waals surface area contributed by atoms with Crippen molar-refractivity contribution in [3.05, 3.63) is 56.4 Å². The highest BCUT2D eigenvalue weighted by Crippen LogP contribution is 2.32. The van der Waals surface area contributed by atoms with Crippen molar-refractivity contribution in [2.24, 2.45) is 7.05 Å². The largest absolute Gasteiger partial charge is 0.497 e. The number of thioether (sulfide) groups is 1. The van der Waals surface area contributed by atoms with Gasteiger partial charge in [-0.05, 0) is 50.6 Å². The second-order valence-corrected chi connectivity index (χ2v) is 9.95. The van der Waals surface area contributed by atoms with E-state index in [4.69, 9.17) is 4.74 Å². The topological polar surface area (TPSA) is 106 Å². The van der Waals surface area contributed by atoms with E-state index in [9.17, 15) is 14.4 Å². The van der Waals surface area contributed by atoms with Gasteiger partial charge in [-0.1, -0.05) is 0 Å². The number of thiazole rings is 1. The highest BCUT2D eigenvalue weighted by Gasteiger charge is 2.37. The third-order valence-corrected chi connectivity index (χ3v) is 7.91. The molecular weight excluding hydrogens is 474 g/mol. The maximum Gasteiger partial charge on any atom is 0.277 e. The first kappa shape index (κ1) is 24.0. The van der Waals surface area contributed by atoms with Gasteiger partial charge >= 0.3 is 0 Å². The fraction of sp³-hybridized carbons (Fsp3) is 0.348. The number of ether oxygens (including phenoxy) is 1. The number of aromatic nitrogens is 3. The third-order valence-electron chi connectivity index (χ3n) is 5.73. The summed E-state index contributed by atoms with van der Waals surface area (Å²) in [7, 11) is 3.17. The average molecular weight is 500 g/mol. The number of anilines is 1. The summed E-state index contributed by atoms with van der Waals surface area (Å²) in [5.41, 5.74) is 2.82. The summed E-state index contributed by atoms with van der Waals surface area (Å²) in [6, 6.07) is 6.42. The number of aryl methyl sites for hydroxylation is 3. The Labute approximate surface area is 205 Å². The Bertz CT molecular complexity index is 1320. The number of nitrogens with zero attached hydrogens (tertiary/aromatic N) is 4. The van der Waals surface area contributed by atoms with Crippen LogP contribution in [0.5, 0.6) is 5.75 Å². The standard InChI is InChI=1S/C23H25N5O4S2/c1-12-13(2)26-27(4)22(30)18(12)21-24-14(3)19(34-21)23(31)28-11-33-10-17(28)20(29)25-15-6-8-16(32-5)9-7-15/h6-9,17H,10-11H2,1-5H3,(H,25,29). The van der Waals surface area contributed by atoms with Gasteiger partial charge in [-0.3, -0.25) is 14.4 Å². The first-order chi connectivity index (χ1) is 16.2. The minimum Gasteiger partial charge on any atom is -0.497 e. The number of carbonyl (C=O) groups is 2. The predicted octanol–water partition coefficient (Wildman–Crippen LogP) is 2.99. The molecule has 1 aliphatic rings. The van der Waals surface area contributed by atoms with Gasteiger partial charge in [0, 0.05) is 18.5 Å². The van der Waals surface area contributed by atoms with Crippen LogP contribution in [0.4, 0.5) is 5.69 Å². The van der Waals surface area contributed by atoms with E-state index in [0.717, 1.165) is 11.3 Å². The number of amides is 2. The molecule has 1 saturated heterocycles. The van der Waals surface area contributed by atoms with Crippen molar-refractivity contribution in [2.75, 3.05) is 24.1 Å². The molecule has 1 N–H and O–H groups in total. The molecule has 11 heteroatoms. The van der Waals surface area contributed by atoms with Gasteiger partial charge in [-0.15, -0.1) is 23.1 Å². The number of hydrogen-bond acceptors (Lipinski definition) is 8. The maximum absolute atomic E-state index is 13.5. The van der Waals surface area contributed by atoms with Crippen LogP contribution in [-0.4, -0.2) is 56.3 Å². The van der Waals surface area contributed by atoms with Crippen LogP contribution in [-0.2, 0) is 11.8 Å². The van der Waals surface area contributed by atoms with Gasteiger partial charge in [-0.2, -0.15) is 5.10 Å². The minimum absolute atomic E-state index is 0.250. The molecule has 0 radical (unpaired) electrons. The lowest BCUT2D eigenvalue weighted by molar-refractivity contribution is -0.119. The normalized spacial score (nSPS) is 15.4. The summed E-state index contributed by atoms with van der Waals surface area (Å²) < 4.78 is 6.43. The van der Waals surface area contributed by atoms with Crippen molar-refractivity contribution in [2.45, 2.75) is 26.8 Å². The summed E-state index contributed by atoms with van der Waals surface area (Å²) in [5.74, 6) is 1.09. The smallest absolute Gasteiger partial charge is 0.277 e. The molecule has 3 aromatic rings. The molecule has 0 aliphatic carbocycles. The van der Waals surface area contributed by atoms with Crippen LogP contribution in [0.25, 0.3) is 10.6 Å². The zero-order chi connectivity index (χ0) is 24.6. The Morgan fingerprint density at radius 3 is 2.53 bits per heavy atom. The van der Waals surface area contributed by atoms with Crippen LogP contribution in [0.3, 0.4) is 0 Å².